The summed E-state index contributed by atoms with van der Waals surface area (Å²) in [6, 6.07) is 7.43. The van der Waals surface area contributed by atoms with Gasteiger partial charge in [0.1, 0.15) is 17.3 Å². The summed E-state index contributed by atoms with van der Waals surface area (Å²) in [5, 5.41) is 16.4. The van der Waals surface area contributed by atoms with Crippen molar-refractivity contribution in [3.8, 4) is 11.4 Å². The van der Waals surface area contributed by atoms with Crippen LogP contribution in [0.3, 0.4) is 0 Å². The largest absolute Gasteiger partial charge is 0.494 e. The van der Waals surface area contributed by atoms with E-state index in [0.717, 1.165) is 55.3 Å². The molecule has 0 saturated carbocycles. The molecule has 1 atom stereocenters. The van der Waals surface area contributed by atoms with Crippen molar-refractivity contribution in [1.29, 1.82) is 0 Å². The third kappa shape index (κ3) is 3.69. The molecule has 1 aliphatic rings. The molecule has 0 bridgehead atoms. The number of fused-ring (bicyclic) bond motifs is 1. The summed E-state index contributed by atoms with van der Waals surface area (Å²) >= 11 is 0. The summed E-state index contributed by atoms with van der Waals surface area (Å²) < 4.78 is 9.36. The van der Waals surface area contributed by atoms with E-state index < -0.39 is 0 Å². The fraction of sp³-hybridized carbons (Fsp3) is 0.455. The van der Waals surface area contributed by atoms with Gasteiger partial charge in [-0.25, -0.2) is 4.68 Å². The highest BCUT2D eigenvalue weighted by Gasteiger charge is 2.25. The Morgan fingerprint density at radius 1 is 1.23 bits per heavy atom. The van der Waals surface area contributed by atoms with Gasteiger partial charge in [0.25, 0.3) is 5.91 Å². The van der Waals surface area contributed by atoms with E-state index in [1.54, 1.807) is 18.0 Å². The number of para-hydroxylation sites is 2. The number of aryl methyl sites for hydroxylation is 1. The highest BCUT2D eigenvalue weighted by atomic mass is 16.5. The molecule has 1 aliphatic heterocycles. The first-order valence-corrected chi connectivity index (χ1v) is 10.5. The zero-order valence-electron chi connectivity index (χ0n) is 17.8. The van der Waals surface area contributed by atoms with Gasteiger partial charge in [-0.15, -0.1) is 10.2 Å². The van der Waals surface area contributed by atoms with Gasteiger partial charge in [0.15, 0.2) is 5.82 Å². The number of ether oxygens (including phenoxy) is 1. The molecule has 3 aromatic rings. The number of carbonyl (C=O) groups excluding carboxylic acids is 1. The van der Waals surface area contributed by atoms with Crippen LogP contribution in [0.2, 0.25) is 0 Å². The molecule has 1 amide bonds. The molecule has 0 radical (unpaired) electrons. The maximum absolute atomic E-state index is 13.1. The van der Waals surface area contributed by atoms with E-state index in [1.165, 1.54) is 6.42 Å². The molecule has 0 aliphatic carbocycles. The molecule has 0 saturated heterocycles. The van der Waals surface area contributed by atoms with Crippen molar-refractivity contribution in [2.24, 2.45) is 0 Å². The summed E-state index contributed by atoms with van der Waals surface area (Å²) in [7, 11) is 1.62. The standard InChI is InChI=1S/C22H28N6O2/c1-4-17(21-26-25-20-12-6-5-9-13-27(20)21)24-22(29)16-14-23-28(15(16)2)18-10-7-8-11-19(18)30-3/h7-8,10-11,14,17H,4-6,9,12-13H2,1-3H3,(H,24,29). The molecule has 158 valence electrons. The molecule has 0 spiro atoms. The van der Waals surface area contributed by atoms with Crippen LogP contribution in [0.5, 0.6) is 5.75 Å². The van der Waals surface area contributed by atoms with Gasteiger partial charge in [0, 0.05) is 13.0 Å². The van der Waals surface area contributed by atoms with Gasteiger partial charge in [-0.05, 0) is 38.3 Å². The van der Waals surface area contributed by atoms with Gasteiger partial charge in [0.05, 0.1) is 30.6 Å². The topological polar surface area (TPSA) is 86.9 Å². The third-order valence-electron chi connectivity index (χ3n) is 5.73. The molecule has 1 N–H and O–H groups in total. The van der Waals surface area contributed by atoms with Gasteiger partial charge in [0.2, 0.25) is 0 Å². The van der Waals surface area contributed by atoms with Crippen LogP contribution in [0.25, 0.3) is 5.69 Å². The molecule has 8 heteroatoms. The Balaban J connectivity index is 1.58. The lowest BCUT2D eigenvalue weighted by molar-refractivity contribution is 0.0932. The van der Waals surface area contributed by atoms with Crippen LogP contribution in [0.15, 0.2) is 30.5 Å². The monoisotopic (exact) mass is 408 g/mol. The second kappa shape index (κ2) is 8.69. The van der Waals surface area contributed by atoms with Crippen LogP contribution in [0, 0.1) is 6.92 Å². The summed E-state index contributed by atoms with van der Waals surface area (Å²) in [5.41, 5.74) is 2.09. The average Bonchev–Trinajstić information content (AvgIpc) is 3.27. The number of benzene rings is 1. The van der Waals surface area contributed by atoms with Crippen LogP contribution in [0.1, 0.15) is 66.3 Å². The minimum absolute atomic E-state index is 0.161. The molecular weight excluding hydrogens is 380 g/mol. The zero-order chi connectivity index (χ0) is 21.1. The number of carbonyl (C=O) groups is 1. The Hall–Kier alpha value is -3.16. The van der Waals surface area contributed by atoms with Gasteiger partial charge >= 0.3 is 0 Å². The van der Waals surface area contributed by atoms with Gasteiger partial charge in [-0.1, -0.05) is 25.5 Å². The van der Waals surface area contributed by atoms with Crippen LogP contribution in [-0.4, -0.2) is 37.6 Å². The molecule has 1 aromatic carbocycles. The van der Waals surface area contributed by atoms with E-state index in [0.29, 0.717) is 11.3 Å². The Kier molecular flexibility index (Phi) is 5.83. The SMILES string of the molecule is CCC(NC(=O)c1cnn(-c2ccccc2OC)c1C)c1nnc2n1CCCCC2. The smallest absolute Gasteiger partial charge is 0.255 e. The summed E-state index contributed by atoms with van der Waals surface area (Å²) in [6.45, 7) is 4.85. The van der Waals surface area contributed by atoms with Gasteiger partial charge in [-0.3, -0.25) is 4.79 Å². The summed E-state index contributed by atoms with van der Waals surface area (Å²) in [6.07, 6.45) is 6.75. The first-order valence-electron chi connectivity index (χ1n) is 10.5. The summed E-state index contributed by atoms with van der Waals surface area (Å²) in [4.78, 5) is 13.1. The van der Waals surface area contributed by atoms with E-state index >= 15 is 0 Å². The van der Waals surface area contributed by atoms with Crippen LogP contribution in [-0.2, 0) is 13.0 Å². The van der Waals surface area contributed by atoms with Crippen molar-refractivity contribution in [2.45, 2.75) is 58.5 Å². The lowest BCUT2D eigenvalue weighted by Crippen LogP contribution is -2.30. The van der Waals surface area contributed by atoms with Crippen molar-refractivity contribution in [2.75, 3.05) is 7.11 Å². The molecule has 4 rings (SSSR count). The molecular formula is C22H28N6O2. The van der Waals surface area contributed by atoms with Gasteiger partial charge in [-0.2, -0.15) is 5.10 Å². The highest BCUT2D eigenvalue weighted by Crippen LogP contribution is 2.25. The number of hydrogen-bond acceptors (Lipinski definition) is 5. The second-order valence-electron chi connectivity index (χ2n) is 7.60. The Morgan fingerprint density at radius 2 is 2.07 bits per heavy atom. The molecule has 2 aromatic heterocycles. The Labute approximate surface area is 176 Å². The molecule has 3 heterocycles. The third-order valence-corrected chi connectivity index (χ3v) is 5.73. The molecule has 30 heavy (non-hydrogen) atoms. The Morgan fingerprint density at radius 3 is 2.87 bits per heavy atom. The summed E-state index contributed by atoms with van der Waals surface area (Å²) in [5.74, 6) is 2.41. The molecule has 0 fully saturated rings. The van der Waals surface area contributed by atoms with E-state index in [2.05, 4.69) is 25.2 Å². The number of rotatable bonds is 6. The second-order valence-corrected chi connectivity index (χ2v) is 7.60. The van der Waals surface area contributed by atoms with E-state index in [4.69, 9.17) is 4.74 Å². The number of nitrogens with zero attached hydrogens (tertiary/aromatic N) is 5. The minimum atomic E-state index is -0.189. The van der Waals surface area contributed by atoms with Crippen molar-refractivity contribution < 1.29 is 9.53 Å². The molecule has 8 nitrogen and oxygen atoms in total. The lowest BCUT2D eigenvalue weighted by Gasteiger charge is -2.18. The quantitative estimate of drug-likeness (QED) is 0.676. The average molecular weight is 409 g/mol. The number of hydrogen-bond donors (Lipinski definition) is 1. The van der Waals surface area contributed by atoms with Crippen molar-refractivity contribution >= 4 is 5.91 Å². The van der Waals surface area contributed by atoms with Crippen LogP contribution >= 0.6 is 0 Å². The lowest BCUT2D eigenvalue weighted by atomic mass is 10.1. The van der Waals surface area contributed by atoms with Gasteiger partial charge < -0.3 is 14.6 Å². The first kappa shape index (κ1) is 20.1. The number of amides is 1. The van der Waals surface area contributed by atoms with E-state index in [-0.39, 0.29) is 11.9 Å². The first-order chi connectivity index (χ1) is 14.6. The fourth-order valence-electron chi connectivity index (χ4n) is 4.03. The normalized spacial score (nSPS) is 14.6. The Bertz CT molecular complexity index is 1040. The number of methoxy groups -OCH3 is 1. The zero-order valence-corrected chi connectivity index (χ0v) is 17.8. The van der Waals surface area contributed by atoms with E-state index in [1.807, 2.05) is 38.1 Å². The number of nitrogens with one attached hydrogen (secondary N) is 1. The van der Waals surface area contributed by atoms with Crippen molar-refractivity contribution in [1.82, 2.24) is 29.9 Å². The fourth-order valence-corrected chi connectivity index (χ4v) is 4.03. The maximum atomic E-state index is 13.1. The van der Waals surface area contributed by atoms with Crippen molar-refractivity contribution in [3.63, 3.8) is 0 Å². The highest BCUT2D eigenvalue weighted by molar-refractivity contribution is 5.95. The molecule has 1 unspecified atom stereocenters. The van der Waals surface area contributed by atoms with Crippen LogP contribution in [0.4, 0.5) is 0 Å². The van der Waals surface area contributed by atoms with Crippen molar-refractivity contribution in [3.05, 3.63) is 53.4 Å². The predicted octanol–water partition coefficient (Wildman–Crippen LogP) is 3.39. The van der Waals surface area contributed by atoms with E-state index in [9.17, 15) is 4.79 Å². The maximum Gasteiger partial charge on any atom is 0.255 e. The minimum Gasteiger partial charge on any atom is -0.494 e. The number of aromatic nitrogens is 5. The van der Waals surface area contributed by atoms with Crippen LogP contribution < -0.4 is 10.1 Å². The predicted molar refractivity (Wildman–Crippen MR) is 113 cm³/mol.